The Morgan fingerprint density at radius 3 is 3.12 bits per heavy atom. The number of halogens is 1. The highest BCUT2D eigenvalue weighted by Crippen LogP contribution is 2.24. The smallest absolute Gasteiger partial charge is 0.0503 e. The molecule has 1 saturated heterocycles. The quantitative estimate of drug-likeness (QED) is 0.839. The van der Waals surface area contributed by atoms with Gasteiger partial charge in [-0.1, -0.05) is 11.6 Å². The number of nitrogen functional groups attached to an aromatic ring is 1. The average Bonchev–Trinajstić information content (AvgIpc) is 2.72. The summed E-state index contributed by atoms with van der Waals surface area (Å²) in [5, 5.41) is 0.800. The Labute approximate surface area is 107 Å². The van der Waals surface area contributed by atoms with Crippen molar-refractivity contribution in [2.24, 2.45) is 5.92 Å². The van der Waals surface area contributed by atoms with E-state index >= 15 is 0 Å². The number of ether oxygens (including phenoxy) is 1. The average molecular weight is 255 g/mol. The van der Waals surface area contributed by atoms with E-state index in [1.165, 1.54) is 6.42 Å². The molecule has 2 rings (SSSR count). The summed E-state index contributed by atoms with van der Waals surface area (Å²) in [4.78, 5) is 2.41. The van der Waals surface area contributed by atoms with Crippen LogP contribution in [0.15, 0.2) is 18.2 Å². The number of likely N-dealkylation sites (tertiary alicyclic amines) is 1. The first-order valence-corrected chi connectivity index (χ1v) is 6.32. The van der Waals surface area contributed by atoms with Gasteiger partial charge in [0.1, 0.15) is 0 Å². The number of methoxy groups -OCH3 is 1. The summed E-state index contributed by atoms with van der Waals surface area (Å²) in [5.74, 6) is 0.653. The van der Waals surface area contributed by atoms with Gasteiger partial charge in [-0.15, -0.1) is 0 Å². The van der Waals surface area contributed by atoms with E-state index in [1.807, 2.05) is 18.2 Å². The molecule has 1 aliphatic rings. The fourth-order valence-electron chi connectivity index (χ4n) is 2.38. The second kappa shape index (κ2) is 5.71. The molecule has 1 fully saturated rings. The highest BCUT2D eigenvalue weighted by atomic mass is 35.5. The van der Waals surface area contributed by atoms with Gasteiger partial charge in [0.2, 0.25) is 0 Å². The third-order valence-corrected chi connectivity index (χ3v) is 3.60. The van der Waals surface area contributed by atoms with Crippen LogP contribution in [0.5, 0.6) is 0 Å². The van der Waals surface area contributed by atoms with Crippen LogP contribution >= 0.6 is 11.6 Å². The van der Waals surface area contributed by atoms with Crippen molar-refractivity contribution >= 4 is 17.3 Å². The summed E-state index contributed by atoms with van der Waals surface area (Å²) in [6.07, 6.45) is 1.20. The predicted octanol–water partition coefficient (Wildman–Crippen LogP) is 2.39. The van der Waals surface area contributed by atoms with E-state index in [9.17, 15) is 0 Å². The Morgan fingerprint density at radius 2 is 2.35 bits per heavy atom. The second-order valence-corrected chi connectivity index (χ2v) is 5.10. The molecule has 0 bridgehead atoms. The van der Waals surface area contributed by atoms with E-state index in [0.717, 1.165) is 42.5 Å². The van der Waals surface area contributed by atoms with Gasteiger partial charge in [0.25, 0.3) is 0 Å². The minimum absolute atomic E-state index is 0.653. The number of nitrogens with zero attached hydrogens (tertiary/aromatic N) is 1. The van der Waals surface area contributed by atoms with E-state index in [-0.39, 0.29) is 0 Å². The Hall–Kier alpha value is -0.770. The van der Waals surface area contributed by atoms with Gasteiger partial charge in [-0.3, -0.25) is 4.90 Å². The van der Waals surface area contributed by atoms with Crippen molar-refractivity contribution in [2.45, 2.75) is 13.0 Å². The molecule has 1 aliphatic heterocycles. The van der Waals surface area contributed by atoms with Gasteiger partial charge in [0.15, 0.2) is 0 Å². The van der Waals surface area contributed by atoms with Crippen LogP contribution in [0.2, 0.25) is 5.02 Å². The van der Waals surface area contributed by atoms with Crippen molar-refractivity contribution < 1.29 is 4.74 Å². The zero-order chi connectivity index (χ0) is 12.3. The fraction of sp³-hybridized carbons (Fsp3) is 0.538. The van der Waals surface area contributed by atoms with Crippen LogP contribution in [0.3, 0.4) is 0 Å². The van der Waals surface area contributed by atoms with Gasteiger partial charge in [-0.2, -0.15) is 0 Å². The molecule has 0 aromatic heterocycles. The van der Waals surface area contributed by atoms with E-state index < -0.39 is 0 Å². The molecule has 0 aliphatic carbocycles. The predicted molar refractivity (Wildman–Crippen MR) is 71.1 cm³/mol. The van der Waals surface area contributed by atoms with Crippen LogP contribution in [-0.2, 0) is 11.3 Å². The first kappa shape index (κ1) is 12.7. The zero-order valence-corrected chi connectivity index (χ0v) is 10.9. The SMILES string of the molecule is COCC1CCN(Cc2cc(N)ccc2Cl)C1. The Bertz CT molecular complexity index is 384. The minimum Gasteiger partial charge on any atom is -0.399 e. The maximum Gasteiger partial charge on any atom is 0.0503 e. The molecule has 94 valence electrons. The molecule has 1 aromatic carbocycles. The molecule has 0 radical (unpaired) electrons. The van der Waals surface area contributed by atoms with E-state index in [4.69, 9.17) is 22.1 Å². The number of hydrogen-bond acceptors (Lipinski definition) is 3. The van der Waals surface area contributed by atoms with Crippen LogP contribution in [-0.4, -0.2) is 31.7 Å². The van der Waals surface area contributed by atoms with Crippen LogP contribution in [0.4, 0.5) is 5.69 Å². The van der Waals surface area contributed by atoms with Crippen molar-refractivity contribution in [3.05, 3.63) is 28.8 Å². The molecule has 1 heterocycles. The van der Waals surface area contributed by atoms with Gasteiger partial charge in [-0.25, -0.2) is 0 Å². The van der Waals surface area contributed by atoms with Crippen molar-refractivity contribution in [3.63, 3.8) is 0 Å². The third kappa shape index (κ3) is 3.35. The summed E-state index contributed by atoms with van der Waals surface area (Å²) in [7, 11) is 1.76. The molecule has 4 heteroatoms. The van der Waals surface area contributed by atoms with E-state index in [0.29, 0.717) is 5.92 Å². The zero-order valence-electron chi connectivity index (χ0n) is 10.2. The normalized spacial score (nSPS) is 20.9. The van der Waals surface area contributed by atoms with E-state index in [1.54, 1.807) is 7.11 Å². The molecule has 1 unspecified atom stereocenters. The van der Waals surface area contributed by atoms with Gasteiger partial charge < -0.3 is 10.5 Å². The summed E-state index contributed by atoms with van der Waals surface area (Å²) < 4.78 is 5.19. The first-order chi connectivity index (χ1) is 8.19. The molecule has 0 spiro atoms. The number of anilines is 1. The Morgan fingerprint density at radius 1 is 1.53 bits per heavy atom. The van der Waals surface area contributed by atoms with Crippen molar-refractivity contribution in [1.29, 1.82) is 0 Å². The topological polar surface area (TPSA) is 38.5 Å². The Balaban J connectivity index is 1.95. The summed E-state index contributed by atoms with van der Waals surface area (Å²) >= 11 is 6.17. The molecule has 0 amide bonds. The van der Waals surface area contributed by atoms with Crippen molar-refractivity contribution in [3.8, 4) is 0 Å². The van der Waals surface area contributed by atoms with E-state index in [2.05, 4.69) is 4.90 Å². The number of benzene rings is 1. The largest absolute Gasteiger partial charge is 0.399 e. The lowest BCUT2D eigenvalue weighted by atomic mass is 10.1. The molecular formula is C13H19ClN2O. The molecule has 1 atom stereocenters. The number of rotatable bonds is 4. The highest BCUT2D eigenvalue weighted by molar-refractivity contribution is 6.31. The lowest BCUT2D eigenvalue weighted by Crippen LogP contribution is -2.21. The van der Waals surface area contributed by atoms with Gasteiger partial charge in [0.05, 0.1) is 6.61 Å². The fourth-order valence-corrected chi connectivity index (χ4v) is 2.56. The molecule has 2 N–H and O–H groups in total. The maximum absolute atomic E-state index is 6.17. The lowest BCUT2D eigenvalue weighted by Gasteiger charge is -2.17. The van der Waals surface area contributed by atoms with Crippen LogP contribution in [0.25, 0.3) is 0 Å². The second-order valence-electron chi connectivity index (χ2n) is 4.70. The highest BCUT2D eigenvalue weighted by Gasteiger charge is 2.22. The lowest BCUT2D eigenvalue weighted by molar-refractivity contribution is 0.152. The number of hydrogen-bond donors (Lipinski definition) is 1. The van der Waals surface area contributed by atoms with Crippen molar-refractivity contribution in [1.82, 2.24) is 4.90 Å². The first-order valence-electron chi connectivity index (χ1n) is 5.94. The van der Waals surface area contributed by atoms with Gasteiger partial charge >= 0.3 is 0 Å². The third-order valence-electron chi connectivity index (χ3n) is 3.24. The summed E-state index contributed by atoms with van der Waals surface area (Å²) in [6, 6.07) is 5.67. The van der Waals surface area contributed by atoms with Gasteiger partial charge in [-0.05, 0) is 42.6 Å². The standard InChI is InChI=1S/C13H19ClN2O/c1-17-9-10-4-5-16(7-10)8-11-6-12(15)2-3-13(11)14/h2-3,6,10H,4-5,7-9,15H2,1H3. The molecule has 3 nitrogen and oxygen atoms in total. The van der Waals surface area contributed by atoms with Gasteiger partial charge in [0, 0.05) is 30.9 Å². The van der Waals surface area contributed by atoms with Crippen LogP contribution in [0, 0.1) is 5.92 Å². The van der Waals surface area contributed by atoms with Crippen LogP contribution in [0.1, 0.15) is 12.0 Å². The Kier molecular flexibility index (Phi) is 4.26. The summed E-state index contributed by atoms with van der Waals surface area (Å²) in [5.41, 5.74) is 7.67. The monoisotopic (exact) mass is 254 g/mol. The minimum atomic E-state index is 0.653. The molecular weight excluding hydrogens is 236 g/mol. The molecule has 17 heavy (non-hydrogen) atoms. The number of nitrogens with two attached hydrogens (primary N) is 1. The molecule has 0 saturated carbocycles. The van der Waals surface area contributed by atoms with Crippen LogP contribution < -0.4 is 5.73 Å². The maximum atomic E-state index is 6.17. The van der Waals surface area contributed by atoms with Crippen molar-refractivity contribution in [2.75, 3.05) is 32.5 Å². The molecule has 1 aromatic rings. The summed E-state index contributed by atoms with van der Waals surface area (Å²) in [6.45, 7) is 3.92.